The fraction of sp³-hybridized carbons (Fsp3) is 0.500. The van der Waals surface area contributed by atoms with Gasteiger partial charge in [-0.15, -0.1) is 0 Å². The van der Waals surface area contributed by atoms with Gasteiger partial charge in [0, 0.05) is 6.07 Å². The van der Waals surface area contributed by atoms with Crippen LogP contribution in [-0.2, 0) is 0 Å². The lowest BCUT2D eigenvalue weighted by molar-refractivity contribution is -0.385. The molecule has 0 saturated heterocycles. The Morgan fingerprint density at radius 3 is 2.60 bits per heavy atom. The van der Waals surface area contributed by atoms with E-state index in [1.165, 1.54) is 0 Å². The number of aliphatic hydroxyl groups excluding tert-OH is 1. The number of aromatic nitrogens is 1. The standard InChI is InChI=1S/C12H16ClN3O4/c1-3-12(4-2,7-17)15-11(18)9-5-8(16(19)20)6-14-10(9)13/h5-6,17H,3-4,7H2,1-2H3,(H,15,18). The first-order valence-electron chi connectivity index (χ1n) is 6.12. The van der Waals surface area contributed by atoms with Crippen LogP contribution in [0.1, 0.15) is 37.0 Å². The van der Waals surface area contributed by atoms with Crippen molar-refractivity contribution in [3.05, 3.63) is 33.1 Å². The van der Waals surface area contributed by atoms with Gasteiger partial charge in [0.05, 0.1) is 22.6 Å². The Bertz CT molecular complexity index is 509. The Kier molecular flexibility index (Phi) is 5.41. The predicted octanol–water partition coefficient (Wildman–Crippen LogP) is 1.92. The van der Waals surface area contributed by atoms with Gasteiger partial charge in [-0.05, 0) is 12.8 Å². The van der Waals surface area contributed by atoms with E-state index < -0.39 is 16.4 Å². The molecule has 1 aromatic heterocycles. The molecule has 0 unspecified atom stereocenters. The number of rotatable bonds is 6. The van der Waals surface area contributed by atoms with E-state index in [0.29, 0.717) is 12.8 Å². The first kappa shape index (κ1) is 16.3. The number of halogens is 1. The zero-order chi connectivity index (χ0) is 15.3. The average molecular weight is 302 g/mol. The third-order valence-corrected chi connectivity index (χ3v) is 3.62. The van der Waals surface area contributed by atoms with E-state index in [-0.39, 0.29) is 23.0 Å². The summed E-state index contributed by atoms with van der Waals surface area (Å²) in [5.74, 6) is -0.594. The second kappa shape index (κ2) is 6.62. The molecule has 0 radical (unpaired) electrons. The van der Waals surface area contributed by atoms with Crippen molar-refractivity contribution in [2.24, 2.45) is 0 Å². The minimum absolute atomic E-state index is 0.0828. The van der Waals surface area contributed by atoms with Crippen LogP contribution in [0.15, 0.2) is 12.3 Å². The lowest BCUT2D eigenvalue weighted by Crippen LogP contribution is -2.50. The molecule has 0 atom stereocenters. The summed E-state index contributed by atoms with van der Waals surface area (Å²) in [6.45, 7) is 3.42. The normalized spacial score (nSPS) is 11.2. The van der Waals surface area contributed by atoms with Crippen LogP contribution in [0.2, 0.25) is 5.15 Å². The maximum Gasteiger partial charge on any atom is 0.288 e. The summed E-state index contributed by atoms with van der Waals surface area (Å²) in [7, 11) is 0. The highest BCUT2D eigenvalue weighted by Crippen LogP contribution is 2.21. The van der Waals surface area contributed by atoms with Gasteiger partial charge in [-0.25, -0.2) is 4.98 Å². The number of hydrogen-bond acceptors (Lipinski definition) is 5. The molecule has 1 amide bonds. The molecule has 0 aliphatic rings. The zero-order valence-corrected chi connectivity index (χ0v) is 12.0. The van der Waals surface area contributed by atoms with E-state index in [9.17, 15) is 20.0 Å². The van der Waals surface area contributed by atoms with Gasteiger partial charge in [-0.2, -0.15) is 0 Å². The van der Waals surface area contributed by atoms with Gasteiger partial charge in [0.25, 0.3) is 11.6 Å². The number of aliphatic hydroxyl groups is 1. The Morgan fingerprint density at radius 2 is 2.15 bits per heavy atom. The minimum atomic E-state index is -0.773. The van der Waals surface area contributed by atoms with Gasteiger partial charge in [0.15, 0.2) is 0 Å². The van der Waals surface area contributed by atoms with Crippen LogP contribution in [0.3, 0.4) is 0 Å². The molecular weight excluding hydrogens is 286 g/mol. The maximum absolute atomic E-state index is 12.2. The molecule has 1 aromatic rings. The summed E-state index contributed by atoms with van der Waals surface area (Å²) in [5.41, 5.74) is -1.17. The topological polar surface area (TPSA) is 105 Å². The minimum Gasteiger partial charge on any atom is -0.394 e. The molecular formula is C12H16ClN3O4. The van der Waals surface area contributed by atoms with E-state index in [2.05, 4.69) is 10.3 Å². The summed E-state index contributed by atoms with van der Waals surface area (Å²) in [4.78, 5) is 25.8. The molecule has 20 heavy (non-hydrogen) atoms. The Morgan fingerprint density at radius 1 is 1.55 bits per heavy atom. The molecule has 0 fully saturated rings. The summed E-state index contributed by atoms with van der Waals surface area (Å²) in [6.07, 6.45) is 2.02. The highest BCUT2D eigenvalue weighted by molar-refractivity contribution is 6.32. The fourth-order valence-corrected chi connectivity index (χ4v) is 1.88. The van der Waals surface area contributed by atoms with E-state index in [0.717, 1.165) is 12.3 Å². The monoisotopic (exact) mass is 301 g/mol. The van der Waals surface area contributed by atoms with Gasteiger partial charge in [-0.3, -0.25) is 14.9 Å². The van der Waals surface area contributed by atoms with Gasteiger partial charge in [0.2, 0.25) is 0 Å². The quantitative estimate of drug-likeness (QED) is 0.474. The zero-order valence-electron chi connectivity index (χ0n) is 11.2. The summed E-state index contributed by atoms with van der Waals surface area (Å²) >= 11 is 5.80. The predicted molar refractivity (Wildman–Crippen MR) is 73.8 cm³/mol. The number of nitrogens with one attached hydrogen (secondary N) is 1. The Balaban J connectivity index is 3.08. The van der Waals surface area contributed by atoms with Crippen molar-refractivity contribution in [1.82, 2.24) is 10.3 Å². The maximum atomic E-state index is 12.2. The largest absolute Gasteiger partial charge is 0.394 e. The molecule has 0 aliphatic heterocycles. The van der Waals surface area contributed by atoms with Gasteiger partial charge in [-0.1, -0.05) is 25.4 Å². The highest BCUT2D eigenvalue weighted by Gasteiger charge is 2.29. The van der Waals surface area contributed by atoms with Gasteiger partial charge in [0.1, 0.15) is 11.3 Å². The SMILES string of the molecule is CCC(CC)(CO)NC(=O)c1cc([N+](=O)[O-])cnc1Cl. The molecule has 1 heterocycles. The lowest BCUT2D eigenvalue weighted by atomic mass is 9.93. The number of hydrogen-bond donors (Lipinski definition) is 2. The highest BCUT2D eigenvalue weighted by atomic mass is 35.5. The molecule has 2 N–H and O–H groups in total. The molecule has 8 heteroatoms. The molecule has 110 valence electrons. The molecule has 0 saturated carbocycles. The molecule has 0 bridgehead atoms. The number of nitro groups is 1. The Hall–Kier alpha value is -1.73. The lowest BCUT2D eigenvalue weighted by Gasteiger charge is -2.30. The Labute approximate surface area is 121 Å². The van der Waals surface area contributed by atoms with Crippen molar-refractivity contribution in [2.75, 3.05) is 6.61 Å². The van der Waals surface area contributed by atoms with Crippen molar-refractivity contribution in [2.45, 2.75) is 32.2 Å². The third kappa shape index (κ3) is 3.43. The van der Waals surface area contributed by atoms with Gasteiger partial charge < -0.3 is 10.4 Å². The van der Waals surface area contributed by atoms with E-state index in [1.807, 2.05) is 13.8 Å². The number of pyridine rings is 1. The van der Waals surface area contributed by atoms with Crippen molar-refractivity contribution in [1.29, 1.82) is 0 Å². The van der Waals surface area contributed by atoms with Crippen LogP contribution in [0.25, 0.3) is 0 Å². The smallest absolute Gasteiger partial charge is 0.288 e. The summed E-state index contributed by atoms with van der Waals surface area (Å²) in [5, 5.41) is 22.7. The first-order valence-corrected chi connectivity index (χ1v) is 6.50. The molecule has 7 nitrogen and oxygen atoms in total. The molecule has 0 aliphatic carbocycles. The van der Waals surface area contributed by atoms with Crippen LogP contribution < -0.4 is 5.32 Å². The van der Waals surface area contributed by atoms with E-state index in [1.54, 1.807) is 0 Å². The second-order valence-corrected chi connectivity index (χ2v) is 4.75. The summed E-state index contributed by atoms with van der Waals surface area (Å²) < 4.78 is 0. The van der Waals surface area contributed by atoms with Crippen LogP contribution >= 0.6 is 11.6 Å². The van der Waals surface area contributed by atoms with Gasteiger partial charge >= 0.3 is 0 Å². The number of carbonyl (C=O) groups excluding carboxylic acids is 1. The molecule has 1 rings (SSSR count). The van der Waals surface area contributed by atoms with Crippen molar-refractivity contribution in [3.8, 4) is 0 Å². The van der Waals surface area contributed by atoms with Crippen molar-refractivity contribution < 1.29 is 14.8 Å². The van der Waals surface area contributed by atoms with Crippen LogP contribution in [-0.4, -0.2) is 33.1 Å². The third-order valence-electron chi connectivity index (χ3n) is 3.31. The van der Waals surface area contributed by atoms with E-state index >= 15 is 0 Å². The van der Waals surface area contributed by atoms with E-state index in [4.69, 9.17) is 11.6 Å². The molecule has 0 aromatic carbocycles. The molecule has 0 spiro atoms. The van der Waals surface area contributed by atoms with Crippen molar-refractivity contribution >= 4 is 23.2 Å². The van der Waals surface area contributed by atoms with Crippen LogP contribution in [0.4, 0.5) is 5.69 Å². The number of nitrogens with zero attached hydrogens (tertiary/aromatic N) is 2. The van der Waals surface area contributed by atoms with Crippen LogP contribution in [0.5, 0.6) is 0 Å². The van der Waals surface area contributed by atoms with Crippen LogP contribution in [0, 0.1) is 10.1 Å². The number of carbonyl (C=O) groups is 1. The van der Waals surface area contributed by atoms with Crippen molar-refractivity contribution in [3.63, 3.8) is 0 Å². The number of amides is 1. The second-order valence-electron chi connectivity index (χ2n) is 4.39. The summed E-state index contributed by atoms with van der Waals surface area (Å²) in [6, 6.07) is 1.07. The fourth-order valence-electron chi connectivity index (χ4n) is 1.69. The first-order chi connectivity index (χ1) is 9.39. The average Bonchev–Trinajstić information content (AvgIpc) is 2.45.